The van der Waals surface area contributed by atoms with E-state index in [-0.39, 0.29) is 11.9 Å². The minimum absolute atomic E-state index is 0.0128. The fourth-order valence-electron chi connectivity index (χ4n) is 3.80. The molecule has 5 heteroatoms. The quantitative estimate of drug-likeness (QED) is 0.898. The molecule has 3 rings (SSSR count). The van der Waals surface area contributed by atoms with Crippen LogP contribution in [0.4, 0.5) is 0 Å². The number of likely N-dealkylation sites (tertiary alicyclic amines) is 1. The summed E-state index contributed by atoms with van der Waals surface area (Å²) >= 11 is 6.01. The van der Waals surface area contributed by atoms with E-state index in [1.165, 1.54) is 0 Å². The van der Waals surface area contributed by atoms with Crippen molar-refractivity contribution in [1.82, 2.24) is 9.80 Å². The van der Waals surface area contributed by atoms with Gasteiger partial charge in [0, 0.05) is 23.7 Å². The first kappa shape index (κ1) is 18.9. The van der Waals surface area contributed by atoms with Crippen LogP contribution in [0, 0.1) is 6.92 Å². The fourth-order valence-corrected chi connectivity index (χ4v) is 4.03. The number of aryl methyl sites for hydroxylation is 1. The number of hydrogen-bond acceptors (Lipinski definition) is 3. The number of aliphatic hydroxyl groups is 1. The van der Waals surface area contributed by atoms with Gasteiger partial charge in [-0.15, -0.1) is 0 Å². The van der Waals surface area contributed by atoms with Crippen LogP contribution in [0.2, 0.25) is 5.02 Å². The Morgan fingerprint density at radius 2 is 1.92 bits per heavy atom. The number of hydrogen-bond donors (Lipinski definition) is 1. The third-order valence-corrected chi connectivity index (χ3v) is 5.55. The Bertz CT molecular complexity index is 794. The van der Waals surface area contributed by atoms with Gasteiger partial charge in [-0.05, 0) is 56.8 Å². The molecule has 0 unspecified atom stereocenters. The summed E-state index contributed by atoms with van der Waals surface area (Å²) < 4.78 is 0. The highest BCUT2D eigenvalue weighted by Gasteiger charge is 2.45. The molecule has 2 aromatic carbocycles. The Labute approximate surface area is 160 Å². The molecule has 1 heterocycles. The molecule has 1 fully saturated rings. The van der Waals surface area contributed by atoms with Gasteiger partial charge in [0.15, 0.2) is 0 Å². The second-order valence-electron chi connectivity index (χ2n) is 7.23. The summed E-state index contributed by atoms with van der Waals surface area (Å²) in [6, 6.07) is 14.9. The van der Waals surface area contributed by atoms with Crippen molar-refractivity contribution in [1.29, 1.82) is 0 Å². The normalized spacial score (nSPS) is 23.3. The number of carbonyl (C=O) groups excluding carboxylic acids is 1. The van der Waals surface area contributed by atoms with Gasteiger partial charge in [0.2, 0.25) is 0 Å². The number of benzene rings is 2. The first-order chi connectivity index (χ1) is 12.3. The highest BCUT2D eigenvalue weighted by molar-refractivity contribution is 6.30. The Balaban J connectivity index is 1.87. The predicted molar refractivity (Wildman–Crippen MR) is 105 cm³/mol. The van der Waals surface area contributed by atoms with Gasteiger partial charge < -0.3 is 14.9 Å². The lowest BCUT2D eigenvalue weighted by Crippen LogP contribution is -2.60. The number of halogens is 1. The van der Waals surface area contributed by atoms with E-state index in [0.29, 0.717) is 30.1 Å². The molecule has 1 aliphatic rings. The second kappa shape index (κ2) is 7.39. The third kappa shape index (κ3) is 3.50. The molecule has 0 aromatic heterocycles. The molecule has 0 aliphatic carbocycles. The van der Waals surface area contributed by atoms with Crippen LogP contribution in [0.3, 0.4) is 0 Å². The van der Waals surface area contributed by atoms with Crippen molar-refractivity contribution in [2.75, 3.05) is 27.2 Å². The average molecular weight is 373 g/mol. The zero-order valence-corrected chi connectivity index (χ0v) is 16.2. The molecule has 0 radical (unpaired) electrons. The number of likely N-dealkylation sites (N-methyl/N-ethyl adjacent to an activating group) is 1. The van der Waals surface area contributed by atoms with Crippen molar-refractivity contribution in [2.24, 2.45) is 0 Å². The van der Waals surface area contributed by atoms with Crippen molar-refractivity contribution < 1.29 is 9.90 Å². The maximum Gasteiger partial charge on any atom is 0.254 e. The van der Waals surface area contributed by atoms with Gasteiger partial charge in [-0.3, -0.25) is 4.79 Å². The van der Waals surface area contributed by atoms with Crippen molar-refractivity contribution in [3.05, 3.63) is 70.2 Å². The monoisotopic (exact) mass is 372 g/mol. The number of piperidine rings is 1. The zero-order chi connectivity index (χ0) is 18.9. The second-order valence-corrected chi connectivity index (χ2v) is 7.67. The zero-order valence-electron chi connectivity index (χ0n) is 15.4. The smallest absolute Gasteiger partial charge is 0.254 e. The van der Waals surface area contributed by atoms with E-state index in [4.69, 9.17) is 11.6 Å². The Kier molecular flexibility index (Phi) is 5.37. The fraction of sp³-hybridized carbons (Fsp3) is 0.381. The third-order valence-electron chi connectivity index (χ3n) is 5.31. The summed E-state index contributed by atoms with van der Waals surface area (Å²) in [5.41, 5.74) is 1.45. The van der Waals surface area contributed by atoms with Crippen LogP contribution in [0.1, 0.15) is 27.9 Å². The summed E-state index contributed by atoms with van der Waals surface area (Å²) in [6.45, 7) is 2.88. The molecular weight excluding hydrogens is 348 g/mol. The molecule has 0 bridgehead atoms. The predicted octanol–water partition coefficient (Wildman–Crippen LogP) is 3.31. The number of nitrogens with zero attached hydrogens (tertiary/aromatic N) is 2. The van der Waals surface area contributed by atoms with E-state index >= 15 is 0 Å². The lowest BCUT2D eigenvalue weighted by atomic mass is 9.79. The van der Waals surface area contributed by atoms with Crippen molar-refractivity contribution in [3.63, 3.8) is 0 Å². The molecule has 4 nitrogen and oxygen atoms in total. The summed E-state index contributed by atoms with van der Waals surface area (Å²) in [7, 11) is 3.89. The average Bonchev–Trinajstić information content (AvgIpc) is 2.62. The molecular formula is C21H25ClN2O2. The maximum absolute atomic E-state index is 13.0. The SMILES string of the molecule is Cc1cc(Cl)ccc1C(=O)N1CC[C@](O)(c2ccccc2)[C@H](N(C)C)C1. The Morgan fingerprint density at radius 3 is 2.54 bits per heavy atom. The van der Waals surface area contributed by atoms with Gasteiger partial charge in [0.05, 0.1) is 6.04 Å². The first-order valence-corrected chi connectivity index (χ1v) is 9.20. The van der Waals surface area contributed by atoms with Crippen LogP contribution in [0.5, 0.6) is 0 Å². The van der Waals surface area contributed by atoms with Crippen LogP contribution < -0.4 is 0 Å². The summed E-state index contributed by atoms with van der Waals surface area (Å²) in [4.78, 5) is 16.9. The number of amides is 1. The van der Waals surface area contributed by atoms with Gasteiger partial charge in [-0.25, -0.2) is 0 Å². The van der Waals surface area contributed by atoms with Gasteiger partial charge in [-0.2, -0.15) is 0 Å². The Hall–Kier alpha value is -1.88. The van der Waals surface area contributed by atoms with Crippen LogP contribution in [-0.2, 0) is 5.60 Å². The molecule has 1 amide bonds. The molecule has 2 atom stereocenters. The van der Waals surface area contributed by atoms with E-state index in [9.17, 15) is 9.90 Å². The largest absolute Gasteiger partial charge is 0.383 e. The van der Waals surface area contributed by atoms with E-state index in [2.05, 4.69) is 0 Å². The number of carbonyl (C=O) groups is 1. The lowest BCUT2D eigenvalue weighted by Gasteiger charge is -2.47. The van der Waals surface area contributed by atoms with Crippen molar-refractivity contribution in [3.8, 4) is 0 Å². The van der Waals surface area contributed by atoms with Gasteiger partial charge in [-0.1, -0.05) is 41.9 Å². The topological polar surface area (TPSA) is 43.8 Å². The van der Waals surface area contributed by atoms with Gasteiger partial charge in [0.25, 0.3) is 5.91 Å². The Morgan fingerprint density at radius 1 is 1.23 bits per heavy atom. The first-order valence-electron chi connectivity index (χ1n) is 8.82. The molecule has 1 saturated heterocycles. The molecule has 26 heavy (non-hydrogen) atoms. The highest BCUT2D eigenvalue weighted by atomic mass is 35.5. The van der Waals surface area contributed by atoms with Gasteiger partial charge in [0.1, 0.15) is 5.60 Å². The van der Waals surface area contributed by atoms with E-state index < -0.39 is 5.60 Å². The van der Waals surface area contributed by atoms with Crippen LogP contribution in [0.25, 0.3) is 0 Å². The van der Waals surface area contributed by atoms with E-state index in [1.807, 2.05) is 67.2 Å². The maximum atomic E-state index is 13.0. The number of rotatable bonds is 3. The molecule has 2 aromatic rings. The summed E-state index contributed by atoms with van der Waals surface area (Å²) in [6.07, 6.45) is 0.498. The van der Waals surface area contributed by atoms with E-state index in [1.54, 1.807) is 12.1 Å². The summed E-state index contributed by atoms with van der Waals surface area (Å²) in [5.74, 6) is -0.0128. The molecule has 1 aliphatic heterocycles. The standard InChI is InChI=1S/C21H25ClN2O2/c1-15-13-17(22)9-10-18(15)20(25)24-12-11-21(26,19(14-24)23(2)3)16-7-5-4-6-8-16/h4-10,13,19,26H,11-12,14H2,1-3H3/t19-,21+/m1/s1. The van der Waals surface area contributed by atoms with Crippen molar-refractivity contribution >= 4 is 17.5 Å². The van der Waals surface area contributed by atoms with E-state index in [0.717, 1.165) is 11.1 Å². The van der Waals surface area contributed by atoms with Crippen molar-refractivity contribution in [2.45, 2.75) is 25.0 Å². The highest BCUT2D eigenvalue weighted by Crippen LogP contribution is 2.35. The lowest BCUT2D eigenvalue weighted by molar-refractivity contribution is -0.0810. The minimum Gasteiger partial charge on any atom is -0.383 e. The molecule has 0 saturated carbocycles. The van der Waals surface area contributed by atoms with Crippen LogP contribution in [-0.4, -0.2) is 54.0 Å². The molecule has 138 valence electrons. The minimum atomic E-state index is -0.976. The van der Waals surface area contributed by atoms with Crippen LogP contribution in [0.15, 0.2) is 48.5 Å². The van der Waals surface area contributed by atoms with Crippen LogP contribution >= 0.6 is 11.6 Å². The molecule has 1 N–H and O–H groups in total. The van der Waals surface area contributed by atoms with Gasteiger partial charge >= 0.3 is 0 Å². The molecule has 0 spiro atoms. The summed E-state index contributed by atoms with van der Waals surface area (Å²) in [5, 5.41) is 12.1.